The molecule has 1 aliphatic carbocycles. The zero-order valence-electron chi connectivity index (χ0n) is 13.3. The van der Waals surface area contributed by atoms with Gasteiger partial charge in [-0.25, -0.2) is 0 Å². The van der Waals surface area contributed by atoms with Crippen molar-refractivity contribution in [2.75, 3.05) is 0 Å². The second kappa shape index (κ2) is 5.60. The molecule has 1 aromatic heterocycles. The lowest BCUT2D eigenvalue weighted by Gasteiger charge is -2.40. The lowest BCUT2D eigenvalue weighted by Crippen LogP contribution is -2.33. The minimum atomic E-state index is -0.163. The molecule has 3 nitrogen and oxygen atoms in total. The molecular formula is C17H27N3. The van der Waals surface area contributed by atoms with Crippen LogP contribution in [0.3, 0.4) is 0 Å². The summed E-state index contributed by atoms with van der Waals surface area (Å²) in [6, 6.07) is 2.63. The minimum absolute atomic E-state index is 0.163. The molecule has 3 heteroatoms. The van der Waals surface area contributed by atoms with E-state index in [9.17, 15) is 5.26 Å². The summed E-state index contributed by atoms with van der Waals surface area (Å²) in [5, 5.41) is 14.0. The van der Waals surface area contributed by atoms with Crippen LogP contribution < -0.4 is 0 Å². The largest absolute Gasteiger partial charge is 0.273 e. The predicted octanol–water partition coefficient (Wildman–Crippen LogP) is 4.19. The van der Waals surface area contributed by atoms with Crippen LogP contribution in [0.15, 0.2) is 12.4 Å². The molecular weight excluding hydrogens is 246 g/mol. The quantitative estimate of drug-likeness (QED) is 0.828. The van der Waals surface area contributed by atoms with Crippen LogP contribution in [-0.2, 0) is 13.0 Å². The Morgan fingerprint density at radius 1 is 1.40 bits per heavy atom. The van der Waals surface area contributed by atoms with Gasteiger partial charge >= 0.3 is 0 Å². The van der Waals surface area contributed by atoms with Gasteiger partial charge < -0.3 is 0 Å². The van der Waals surface area contributed by atoms with Crippen LogP contribution in [0.2, 0.25) is 0 Å². The van der Waals surface area contributed by atoms with Gasteiger partial charge in [-0.05, 0) is 55.9 Å². The molecule has 1 saturated carbocycles. The molecule has 1 aromatic rings. The molecule has 1 aliphatic rings. The highest BCUT2D eigenvalue weighted by Gasteiger charge is 2.39. The first-order valence-electron chi connectivity index (χ1n) is 7.81. The standard InChI is InChI=1S/C17H27N3/c1-5-20-12-14(11-19-20)10-17(13-18)8-6-15(7-9-17)16(2,3)4/h11-12,15H,5-10H2,1-4H3. The molecule has 0 bridgehead atoms. The van der Waals surface area contributed by atoms with Gasteiger partial charge in [0.15, 0.2) is 0 Å². The highest BCUT2D eigenvalue weighted by atomic mass is 15.3. The Kier molecular flexibility index (Phi) is 4.22. The Balaban J connectivity index is 2.04. The van der Waals surface area contributed by atoms with Gasteiger partial charge in [0.2, 0.25) is 0 Å². The van der Waals surface area contributed by atoms with E-state index in [0.29, 0.717) is 5.41 Å². The Labute approximate surface area is 123 Å². The van der Waals surface area contributed by atoms with Crippen LogP contribution in [0.1, 0.15) is 58.9 Å². The summed E-state index contributed by atoms with van der Waals surface area (Å²) in [6.07, 6.45) is 9.30. The van der Waals surface area contributed by atoms with E-state index in [0.717, 1.165) is 31.7 Å². The number of aromatic nitrogens is 2. The van der Waals surface area contributed by atoms with Crippen molar-refractivity contribution in [1.82, 2.24) is 9.78 Å². The van der Waals surface area contributed by atoms with Crippen molar-refractivity contribution < 1.29 is 0 Å². The lowest BCUT2D eigenvalue weighted by atomic mass is 9.63. The van der Waals surface area contributed by atoms with E-state index in [1.807, 2.05) is 10.9 Å². The third-order valence-electron chi connectivity index (χ3n) is 4.96. The summed E-state index contributed by atoms with van der Waals surface area (Å²) in [7, 11) is 0. The fourth-order valence-electron chi connectivity index (χ4n) is 3.43. The van der Waals surface area contributed by atoms with Crippen LogP contribution in [0.4, 0.5) is 0 Å². The van der Waals surface area contributed by atoms with Crippen molar-refractivity contribution in [2.45, 2.75) is 66.3 Å². The van der Waals surface area contributed by atoms with Crippen molar-refractivity contribution in [1.29, 1.82) is 5.26 Å². The molecule has 110 valence electrons. The molecule has 0 spiro atoms. The number of nitrogens with zero attached hydrogens (tertiary/aromatic N) is 3. The average molecular weight is 273 g/mol. The Morgan fingerprint density at radius 2 is 2.05 bits per heavy atom. The maximum atomic E-state index is 9.68. The Morgan fingerprint density at radius 3 is 2.50 bits per heavy atom. The van der Waals surface area contributed by atoms with Gasteiger partial charge in [0.1, 0.15) is 0 Å². The van der Waals surface area contributed by atoms with Crippen LogP contribution in [0.5, 0.6) is 0 Å². The van der Waals surface area contributed by atoms with E-state index in [-0.39, 0.29) is 5.41 Å². The average Bonchev–Trinajstić information content (AvgIpc) is 2.85. The first-order chi connectivity index (χ1) is 9.38. The summed E-state index contributed by atoms with van der Waals surface area (Å²) in [6.45, 7) is 9.95. The molecule has 0 amide bonds. The van der Waals surface area contributed by atoms with Gasteiger partial charge in [0.25, 0.3) is 0 Å². The van der Waals surface area contributed by atoms with E-state index in [4.69, 9.17) is 0 Å². The number of hydrogen-bond acceptors (Lipinski definition) is 2. The van der Waals surface area contributed by atoms with E-state index in [1.54, 1.807) is 0 Å². The first-order valence-corrected chi connectivity index (χ1v) is 7.81. The summed E-state index contributed by atoms with van der Waals surface area (Å²) in [5.74, 6) is 0.752. The van der Waals surface area contributed by atoms with Crippen molar-refractivity contribution in [3.8, 4) is 6.07 Å². The molecule has 0 unspecified atom stereocenters. The molecule has 0 aromatic carbocycles. The van der Waals surface area contributed by atoms with Gasteiger partial charge in [-0.2, -0.15) is 10.4 Å². The highest BCUT2D eigenvalue weighted by molar-refractivity contribution is 5.14. The summed E-state index contributed by atoms with van der Waals surface area (Å²) in [5.41, 5.74) is 1.42. The van der Waals surface area contributed by atoms with Crippen molar-refractivity contribution >= 4 is 0 Å². The van der Waals surface area contributed by atoms with Gasteiger partial charge in [0.05, 0.1) is 17.7 Å². The van der Waals surface area contributed by atoms with Crippen LogP contribution in [-0.4, -0.2) is 9.78 Å². The van der Waals surface area contributed by atoms with Crippen molar-refractivity contribution in [2.24, 2.45) is 16.7 Å². The molecule has 1 fully saturated rings. The smallest absolute Gasteiger partial charge is 0.0693 e. The van der Waals surface area contributed by atoms with E-state index in [2.05, 4.69) is 45.1 Å². The Bertz CT molecular complexity index is 479. The van der Waals surface area contributed by atoms with Crippen LogP contribution in [0.25, 0.3) is 0 Å². The SMILES string of the molecule is CCn1cc(CC2(C#N)CCC(C(C)(C)C)CC2)cn1. The molecule has 0 radical (unpaired) electrons. The number of aryl methyl sites for hydroxylation is 1. The number of hydrogen-bond donors (Lipinski definition) is 0. The second-order valence-electron chi connectivity index (χ2n) is 7.41. The van der Waals surface area contributed by atoms with E-state index in [1.165, 1.54) is 18.4 Å². The van der Waals surface area contributed by atoms with Gasteiger partial charge in [-0.15, -0.1) is 0 Å². The topological polar surface area (TPSA) is 41.6 Å². The van der Waals surface area contributed by atoms with Crippen molar-refractivity contribution in [3.63, 3.8) is 0 Å². The van der Waals surface area contributed by atoms with Crippen LogP contribution >= 0.6 is 0 Å². The summed E-state index contributed by atoms with van der Waals surface area (Å²) in [4.78, 5) is 0. The van der Waals surface area contributed by atoms with Gasteiger partial charge in [0, 0.05) is 12.7 Å². The number of rotatable bonds is 3. The fraction of sp³-hybridized carbons (Fsp3) is 0.765. The van der Waals surface area contributed by atoms with Gasteiger partial charge in [-0.1, -0.05) is 20.8 Å². The molecule has 20 heavy (non-hydrogen) atoms. The monoisotopic (exact) mass is 273 g/mol. The minimum Gasteiger partial charge on any atom is -0.273 e. The normalized spacial score (nSPS) is 27.2. The van der Waals surface area contributed by atoms with Crippen molar-refractivity contribution in [3.05, 3.63) is 18.0 Å². The van der Waals surface area contributed by atoms with Crippen LogP contribution in [0, 0.1) is 28.1 Å². The summed E-state index contributed by atoms with van der Waals surface area (Å²) >= 11 is 0. The molecule has 0 atom stereocenters. The van der Waals surface area contributed by atoms with Gasteiger partial charge in [-0.3, -0.25) is 4.68 Å². The summed E-state index contributed by atoms with van der Waals surface area (Å²) < 4.78 is 1.95. The lowest BCUT2D eigenvalue weighted by molar-refractivity contribution is 0.120. The zero-order valence-corrected chi connectivity index (χ0v) is 13.3. The third kappa shape index (κ3) is 3.23. The third-order valence-corrected chi connectivity index (χ3v) is 4.96. The first kappa shape index (κ1) is 15.1. The second-order valence-corrected chi connectivity index (χ2v) is 7.41. The molecule has 0 saturated heterocycles. The van der Waals surface area contributed by atoms with E-state index >= 15 is 0 Å². The number of nitriles is 1. The molecule has 1 heterocycles. The maximum Gasteiger partial charge on any atom is 0.0693 e. The maximum absolute atomic E-state index is 9.68. The molecule has 2 rings (SSSR count). The highest BCUT2D eigenvalue weighted by Crippen LogP contribution is 2.46. The zero-order chi connectivity index (χ0) is 14.8. The molecule has 0 aliphatic heterocycles. The van der Waals surface area contributed by atoms with E-state index < -0.39 is 0 Å². The predicted molar refractivity (Wildman–Crippen MR) is 81.1 cm³/mol. The molecule has 0 N–H and O–H groups in total. The fourth-order valence-corrected chi connectivity index (χ4v) is 3.43. The Hall–Kier alpha value is -1.30.